The lowest BCUT2D eigenvalue weighted by molar-refractivity contribution is -0.139. The predicted molar refractivity (Wildman–Crippen MR) is 133 cm³/mol. The van der Waals surface area contributed by atoms with Crippen molar-refractivity contribution in [3.8, 4) is 5.75 Å². The van der Waals surface area contributed by atoms with Crippen LogP contribution in [0.4, 0.5) is 0 Å². The molecule has 4 unspecified atom stereocenters. The number of likely N-dealkylation sites (N-methyl/N-ethyl adjacent to an activating group) is 1. The summed E-state index contributed by atoms with van der Waals surface area (Å²) < 4.78 is 5.30. The van der Waals surface area contributed by atoms with Gasteiger partial charge in [-0.15, -0.1) is 0 Å². The van der Waals surface area contributed by atoms with E-state index in [2.05, 4.69) is 25.2 Å². The van der Waals surface area contributed by atoms with Gasteiger partial charge in [-0.25, -0.2) is 0 Å². The fraction of sp³-hybridized carbons (Fsp3) is 0.655. The molecule has 1 heterocycles. The van der Waals surface area contributed by atoms with Gasteiger partial charge in [-0.1, -0.05) is 32.1 Å². The summed E-state index contributed by atoms with van der Waals surface area (Å²) in [6, 6.07) is 8.23. The lowest BCUT2D eigenvalue weighted by Crippen LogP contribution is -2.59. The number of rotatable bonds is 5. The molecule has 184 valence electrons. The molecule has 5 rings (SSSR count). The zero-order valence-corrected chi connectivity index (χ0v) is 21.2. The molecule has 1 aromatic rings. The first-order valence-corrected chi connectivity index (χ1v) is 13.1. The second-order valence-corrected chi connectivity index (χ2v) is 11.8. The summed E-state index contributed by atoms with van der Waals surface area (Å²) in [6.07, 6.45) is 11.8. The van der Waals surface area contributed by atoms with E-state index in [0.717, 1.165) is 24.2 Å². The van der Waals surface area contributed by atoms with Crippen molar-refractivity contribution in [2.75, 3.05) is 14.2 Å². The molecule has 0 saturated heterocycles. The SMILES string of the molecule is COc1cccc(CNC(=O)C[C@H]2CCC3C4CCC5N(C)C(=O)C=C[C@]5(C)C4CC[C@@]32C)c1. The van der Waals surface area contributed by atoms with Crippen LogP contribution in [0.3, 0.4) is 0 Å². The van der Waals surface area contributed by atoms with Crippen molar-refractivity contribution < 1.29 is 14.3 Å². The number of carbonyl (C=O) groups excluding carboxylic acids is 2. The fourth-order valence-corrected chi connectivity index (χ4v) is 8.46. The first-order chi connectivity index (χ1) is 16.3. The van der Waals surface area contributed by atoms with E-state index in [1.54, 1.807) is 7.11 Å². The van der Waals surface area contributed by atoms with Crippen molar-refractivity contribution >= 4 is 11.8 Å². The van der Waals surface area contributed by atoms with E-state index >= 15 is 0 Å². The molecule has 2 amide bonds. The van der Waals surface area contributed by atoms with Gasteiger partial charge in [0, 0.05) is 31.5 Å². The number of benzene rings is 1. The van der Waals surface area contributed by atoms with Gasteiger partial charge in [-0.2, -0.15) is 0 Å². The molecular weight excluding hydrogens is 424 g/mol. The molecule has 0 spiro atoms. The van der Waals surface area contributed by atoms with Crippen LogP contribution >= 0.6 is 0 Å². The fourth-order valence-electron chi connectivity index (χ4n) is 8.46. The Morgan fingerprint density at radius 2 is 1.97 bits per heavy atom. The highest BCUT2D eigenvalue weighted by molar-refractivity contribution is 5.89. The van der Waals surface area contributed by atoms with Gasteiger partial charge in [0.2, 0.25) is 11.8 Å². The van der Waals surface area contributed by atoms with E-state index in [-0.39, 0.29) is 22.6 Å². The van der Waals surface area contributed by atoms with Crippen molar-refractivity contribution in [2.24, 2.45) is 34.5 Å². The molecule has 1 aromatic carbocycles. The molecule has 5 heteroatoms. The van der Waals surface area contributed by atoms with E-state index in [9.17, 15) is 9.59 Å². The maximum atomic E-state index is 12.9. The molecule has 7 atom stereocenters. The summed E-state index contributed by atoms with van der Waals surface area (Å²) in [6.45, 7) is 5.42. The number of nitrogens with one attached hydrogen (secondary N) is 1. The largest absolute Gasteiger partial charge is 0.497 e. The molecule has 0 aromatic heterocycles. The van der Waals surface area contributed by atoms with Crippen LogP contribution in [0.5, 0.6) is 5.75 Å². The highest BCUT2D eigenvalue weighted by Gasteiger charge is 2.60. The quantitative estimate of drug-likeness (QED) is 0.670. The number of fused-ring (bicyclic) bond motifs is 5. The molecule has 1 aliphatic heterocycles. The van der Waals surface area contributed by atoms with Crippen molar-refractivity contribution in [3.05, 3.63) is 42.0 Å². The molecule has 3 fully saturated rings. The van der Waals surface area contributed by atoms with E-state index < -0.39 is 0 Å². The predicted octanol–water partition coefficient (Wildman–Crippen LogP) is 4.96. The monoisotopic (exact) mass is 464 g/mol. The van der Waals surface area contributed by atoms with E-state index in [1.807, 2.05) is 42.3 Å². The number of hydrogen-bond donors (Lipinski definition) is 1. The Hall–Kier alpha value is -2.30. The Morgan fingerprint density at radius 1 is 1.15 bits per heavy atom. The third kappa shape index (κ3) is 3.76. The standard InChI is InChI=1S/C29H40N2O3/c1-28-14-12-24-22(9-11-25-29(24,2)15-13-27(33)31(25)3)23(28)10-8-20(28)17-26(32)30-18-19-6-5-7-21(16-19)34-4/h5-7,13,15-16,20,22-25H,8-12,14,17-18H2,1-4H3,(H,30,32)/t20-,22?,23?,24?,25?,28-,29-/m1/s1. The average Bonchev–Trinajstić information content (AvgIpc) is 3.16. The van der Waals surface area contributed by atoms with Crippen LogP contribution in [0, 0.1) is 34.5 Å². The minimum atomic E-state index is 0.0824. The maximum absolute atomic E-state index is 12.9. The molecular formula is C29H40N2O3. The van der Waals surface area contributed by atoms with Crippen molar-refractivity contribution in [2.45, 2.75) is 71.4 Å². The zero-order chi connectivity index (χ0) is 24.1. The summed E-state index contributed by atoms with van der Waals surface area (Å²) in [5.74, 6) is 3.64. The summed E-state index contributed by atoms with van der Waals surface area (Å²) in [7, 11) is 3.65. The van der Waals surface area contributed by atoms with Crippen molar-refractivity contribution in [3.63, 3.8) is 0 Å². The number of hydrogen-bond acceptors (Lipinski definition) is 3. The summed E-state index contributed by atoms with van der Waals surface area (Å²) in [5, 5.41) is 3.16. The van der Waals surface area contributed by atoms with Crippen LogP contribution in [0.1, 0.15) is 64.4 Å². The third-order valence-corrected chi connectivity index (χ3v) is 10.4. The summed E-state index contributed by atoms with van der Waals surface area (Å²) >= 11 is 0. The maximum Gasteiger partial charge on any atom is 0.246 e. The number of ether oxygens (including phenoxy) is 1. The second-order valence-electron chi connectivity index (χ2n) is 11.8. The van der Waals surface area contributed by atoms with Crippen LogP contribution in [0.15, 0.2) is 36.4 Å². The molecule has 34 heavy (non-hydrogen) atoms. The molecule has 4 aliphatic rings. The topological polar surface area (TPSA) is 58.6 Å². The number of nitrogens with zero attached hydrogens (tertiary/aromatic N) is 1. The van der Waals surface area contributed by atoms with Gasteiger partial charge in [-0.05, 0) is 91.4 Å². The first-order valence-electron chi connectivity index (χ1n) is 13.1. The molecule has 0 radical (unpaired) electrons. The van der Waals surface area contributed by atoms with Gasteiger partial charge in [0.15, 0.2) is 0 Å². The number of carbonyl (C=O) groups is 2. The first kappa shape index (κ1) is 23.4. The van der Waals surface area contributed by atoms with Gasteiger partial charge in [0.25, 0.3) is 0 Å². The third-order valence-electron chi connectivity index (χ3n) is 10.4. The van der Waals surface area contributed by atoms with Crippen LogP contribution in [-0.4, -0.2) is 36.9 Å². The molecule has 5 nitrogen and oxygen atoms in total. The smallest absolute Gasteiger partial charge is 0.246 e. The van der Waals surface area contributed by atoms with Crippen LogP contribution in [-0.2, 0) is 16.1 Å². The lowest BCUT2D eigenvalue weighted by Gasteiger charge is -2.60. The Labute approximate surface area is 204 Å². The number of amides is 2. The van der Waals surface area contributed by atoms with Crippen molar-refractivity contribution in [1.82, 2.24) is 10.2 Å². The Morgan fingerprint density at radius 3 is 2.76 bits per heavy atom. The number of methoxy groups -OCH3 is 1. The normalized spacial score (nSPS) is 38.6. The van der Waals surface area contributed by atoms with Gasteiger partial charge in [0.05, 0.1) is 7.11 Å². The molecule has 0 bridgehead atoms. The van der Waals surface area contributed by atoms with Crippen LogP contribution in [0.2, 0.25) is 0 Å². The highest BCUT2D eigenvalue weighted by atomic mass is 16.5. The van der Waals surface area contributed by atoms with E-state index in [4.69, 9.17) is 4.74 Å². The molecule has 3 saturated carbocycles. The van der Waals surface area contributed by atoms with Crippen LogP contribution < -0.4 is 10.1 Å². The second kappa shape index (κ2) is 8.73. The molecule has 1 N–H and O–H groups in total. The van der Waals surface area contributed by atoms with Crippen LogP contribution in [0.25, 0.3) is 0 Å². The van der Waals surface area contributed by atoms with E-state index in [0.29, 0.717) is 42.7 Å². The molecule has 3 aliphatic carbocycles. The van der Waals surface area contributed by atoms with Gasteiger partial charge >= 0.3 is 0 Å². The van der Waals surface area contributed by atoms with Gasteiger partial charge < -0.3 is 15.0 Å². The average molecular weight is 465 g/mol. The van der Waals surface area contributed by atoms with Gasteiger partial charge in [-0.3, -0.25) is 9.59 Å². The minimum absolute atomic E-state index is 0.0824. The Balaban J connectivity index is 1.25. The minimum Gasteiger partial charge on any atom is -0.497 e. The Kier molecular flexibility index (Phi) is 6.02. The summed E-state index contributed by atoms with van der Waals surface area (Å²) in [4.78, 5) is 27.2. The van der Waals surface area contributed by atoms with Crippen molar-refractivity contribution in [1.29, 1.82) is 0 Å². The summed E-state index contributed by atoms with van der Waals surface area (Å²) in [5.41, 5.74) is 1.40. The van der Waals surface area contributed by atoms with Gasteiger partial charge in [0.1, 0.15) is 5.75 Å². The Bertz CT molecular complexity index is 989. The zero-order valence-electron chi connectivity index (χ0n) is 21.2. The lowest BCUT2D eigenvalue weighted by atomic mass is 9.47. The van der Waals surface area contributed by atoms with E-state index in [1.165, 1.54) is 25.7 Å². The highest BCUT2D eigenvalue weighted by Crippen LogP contribution is 2.65.